The normalized spacial score (nSPS) is 24.7. The lowest BCUT2D eigenvalue weighted by atomic mass is 10.0. The lowest BCUT2D eigenvalue weighted by Gasteiger charge is -2.37. The predicted molar refractivity (Wildman–Crippen MR) is 89.5 cm³/mol. The van der Waals surface area contributed by atoms with Crippen LogP contribution in [-0.2, 0) is 9.53 Å². The summed E-state index contributed by atoms with van der Waals surface area (Å²) in [6.07, 6.45) is 8.71. The number of likely N-dealkylation sites (tertiary alicyclic amines) is 2. The van der Waals surface area contributed by atoms with Crippen LogP contribution in [0.25, 0.3) is 0 Å². The van der Waals surface area contributed by atoms with Crippen molar-refractivity contribution in [2.24, 2.45) is 0 Å². The van der Waals surface area contributed by atoms with Crippen molar-refractivity contribution in [2.75, 3.05) is 32.8 Å². The van der Waals surface area contributed by atoms with Crippen molar-refractivity contribution in [2.45, 2.75) is 52.5 Å². The Bertz CT molecular complexity index is 436. The number of piperidine rings is 1. The zero-order chi connectivity index (χ0) is 15.9. The van der Waals surface area contributed by atoms with E-state index in [9.17, 15) is 4.79 Å². The molecular weight excluding hydrogens is 276 g/mol. The second kappa shape index (κ2) is 8.37. The first-order chi connectivity index (χ1) is 10.7. The first-order valence-corrected chi connectivity index (χ1v) is 8.66. The molecule has 2 aliphatic heterocycles. The van der Waals surface area contributed by atoms with Crippen molar-refractivity contribution in [3.05, 3.63) is 23.5 Å². The summed E-state index contributed by atoms with van der Waals surface area (Å²) in [5.74, 6) is 0.947. The monoisotopic (exact) mass is 306 g/mol. The average molecular weight is 306 g/mol. The van der Waals surface area contributed by atoms with E-state index in [1.54, 1.807) is 0 Å². The van der Waals surface area contributed by atoms with Crippen LogP contribution in [0.3, 0.4) is 0 Å². The number of rotatable bonds is 5. The third-order valence-electron chi connectivity index (χ3n) is 4.63. The molecule has 0 radical (unpaired) electrons. The average Bonchev–Trinajstić information content (AvgIpc) is 3.07. The largest absolute Gasteiger partial charge is 0.499 e. The third-order valence-corrected chi connectivity index (χ3v) is 4.63. The van der Waals surface area contributed by atoms with E-state index in [4.69, 9.17) is 4.74 Å². The Morgan fingerprint density at radius 2 is 1.95 bits per heavy atom. The summed E-state index contributed by atoms with van der Waals surface area (Å²) in [6.45, 7) is 10.6. The number of carbonyl (C=O) groups excluding carboxylic acids is 1. The summed E-state index contributed by atoms with van der Waals surface area (Å²) in [6, 6.07) is 0.551. The van der Waals surface area contributed by atoms with Gasteiger partial charge in [-0.25, -0.2) is 0 Å². The van der Waals surface area contributed by atoms with Crippen molar-refractivity contribution >= 4 is 5.91 Å². The molecule has 2 aliphatic rings. The van der Waals surface area contributed by atoms with Gasteiger partial charge in [-0.1, -0.05) is 6.08 Å². The van der Waals surface area contributed by atoms with Gasteiger partial charge in [0.1, 0.15) is 0 Å². The summed E-state index contributed by atoms with van der Waals surface area (Å²) in [5.41, 5.74) is 0.744. The van der Waals surface area contributed by atoms with E-state index in [1.807, 2.05) is 37.8 Å². The molecule has 22 heavy (non-hydrogen) atoms. The van der Waals surface area contributed by atoms with Crippen LogP contribution in [0.4, 0.5) is 0 Å². The molecule has 1 unspecified atom stereocenters. The van der Waals surface area contributed by atoms with Gasteiger partial charge in [-0.15, -0.1) is 0 Å². The molecule has 0 aliphatic carbocycles. The fourth-order valence-electron chi connectivity index (χ4n) is 3.48. The van der Waals surface area contributed by atoms with Crippen LogP contribution in [0, 0.1) is 0 Å². The van der Waals surface area contributed by atoms with Crippen LogP contribution in [0.1, 0.15) is 46.5 Å². The SMILES string of the molecule is CC=C(C=C(C)OCC)C(=O)N1CCCC(N2CCCC2)C1. The molecule has 2 heterocycles. The van der Waals surface area contributed by atoms with Crippen molar-refractivity contribution in [1.82, 2.24) is 9.80 Å². The zero-order valence-electron chi connectivity index (χ0n) is 14.3. The minimum atomic E-state index is 0.144. The number of hydrogen-bond donors (Lipinski definition) is 0. The van der Waals surface area contributed by atoms with Gasteiger partial charge in [0.25, 0.3) is 5.91 Å². The second-order valence-corrected chi connectivity index (χ2v) is 6.22. The maximum absolute atomic E-state index is 12.8. The molecule has 0 aromatic heterocycles. The summed E-state index contributed by atoms with van der Waals surface area (Å²) in [4.78, 5) is 17.4. The fourth-order valence-corrected chi connectivity index (χ4v) is 3.48. The highest BCUT2D eigenvalue weighted by atomic mass is 16.5. The van der Waals surface area contributed by atoms with E-state index < -0.39 is 0 Å². The third kappa shape index (κ3) is 4.35. The Balaban J connectivity index is 1.99. The lowest BCUT2D eigenvalue weighted by Crippen LogP contribution is -2.49. The van der Waals surface area contributed by atoms with Crippen LogP contribution in [0.5, 0.6) is 0 Å². The molecule has 4 heteroatoms. The van der Waals surface area contributed by atoms with Gasteiger partial charge in [0, 0.05) is 24.7 Å². The Morgan fingerprint density at radius 3 is 2.59 bits per heavy atom. The number of amides is 1. The smallest absolute Gasteiger partial charge is 0.253 e. The quantitative estimate of drug-likeness (QED) is 0.445. The standard InChI is InChI=1S/C18H30N2O2/c1-4-16(13-15(3)22-5-2)18(21)20-12-8-9-17(14-20)19-10-6-7-11-19/h4,13,17H,5-12,14H2,1-3H3. The van der Waals surface area contributed by atoms with Crippen LogP contribution in [0.2, 0.25) is 0 Å². The van der Waals surface area contributed by atoms with Gasteiger partial charge in [0.05, 0.1) is 12.4 Å². The van der Waals surface area contributed by atoms with Crippen molar-refractivity contribution in [3.8, 4) is 0 Å². The molecule has 1 atom stereocenters. The molecule has 2 saturated heterocycles. The highest BCUT2D eigenvalue weighted by Crippen LogP contribution is 2.22. The molecule has 1 amide bonds. The van der Waals surface area contributed by atoms with Gasteiger partial charge >= 0.3 is 0 Å². The Labute approximate surface area is 134 Å². The van der Waals surface area contributed by atoms with Crippen LogP contribution >= 0.6 is 0 Å². The van der Waals surface area contributed by atoms with E-state index in [2.05, 4.69) is 4.90 Å². The summed E-state index contributed by atoms with van der Waals surface area (Å²) in [7, 11) is 0. The number of ether oxygens (including phenoxy) is 1. The van der Waals surface area contributed by atoms with Gasteiger partial charge in [-0.2, -0.15) is 0 Å². The number of hydrogen-bond acceptors (Lipinski definition) is 3. The minimum absolute atomic E-state index is 0.144. The minimum Gasteiger partial charge on any atom is -0.499 e. The summed E-state index contributed by atoms with van der Waals surface area (Å²) in [5, 5.41) is 0. The number of carbonyl (C=O) groups is 1. The molecule has 0 spiro atoms. The van der Waals surface area contributed by atoms with Crippen LogP contribution < -0.4 is 0 Å². The van der Waals surface area contributed by atoms with Gasteiger partial charge in [0.15, 0.2) is 0 Å². The molecule has 2 rings (SSSR count). The highest BCUT2D eigenvalue weighted by molar-refractivity contribution is 5.96. The van der Waals surface area contributed by atoms with E-state index in [0.717, 1.165) is 30.8 Å². The number of nitrogens with zero attached hydrogens (tertiary/aromatic N) is 2. The lowest BCUT2D eigenvalue weighted by molar-refractivity contribution is -0.128. The van der Waals surface area contributed by atoms with E-state index in [0.29, 0.717) is 12.6 Å². The van der Waals surface area contributed by atoms with Gasteiger partial charge < -0.3 is 9.64 Å². The molecule has 0 aromatic carbocycles. The molecule has 0 bridgehead atoms. The van der Waals surface area contributed by atoms with Gasteiger partial charge in [-0.3, -0.25) is 9.69 Å². The van der Waals surface area contributed by atoms with Crippen LogP contribution in [-0.4, -0.2) is 54.5 Å². The zero-order valence-corrected chi connectivity index (χ0v) is 14.3. The Hall–Kier alpha value is -1.29. The van der Waals surface area contributed by atoms with Crippen molar-refractivity contribution in [1.29, 1.82) is 0 Å². The van der Waals surface area contributed by atoms with E-state index >= 15 is 0 Å². The highest BCUT2D eigenvalue weighted by Gasteiger charge is 2.29. The maximum atomic E-state index is 12.8. The molecule has 0 saturated carbocycles. The summed E-state index contributed by atoms with van der Waals surface area (Å²) < 4.78 is 5.46. The Morgan fingerprint density at radius 1 is 1.23 bits per heavy atom. The first-order valence-electron chi connectivity index (χ1n) is 8.66. The van der Waals surface area contributed by atoms with E-state index in [-0.39, 0.29) is 5.91 Å². The van der Waals surface area contributed by atoms with Crippen molar-refractivity contribution < 1.29 is 9.53 Å². The van der Waals surface area contributed by atoms with Crippen LogP contribution in [0.15, 0.2) is 23.5 Å². The number of allylic oxidation sites excluding steroid dienone is 2. The molecular formula is C18H30N2O2. The van der Waals surface area contributed by atoms with Gasteiger partial charge in [0.2, 0.25) is 0 Å². The summed E-state index contributed by atoms with van der Waals surface area (Å²) >= 11 is 0. The Kier molecular flexibility index (Phi) is 6.49. The van der Waals surface area contributed by atoms with Crippen molar-refractivity contribution in [3.63, 3.8) is 0 Å². The molecule has 4 nitrogen and oxygen atoms in total. The molecule has 0 N–H and O–H groups in total. The van der Waals surface area contributed by atoms with Gasteiger partial charge in [-0.05, 0) is 65.6 Å². The predicted octanol–water partition coefficient (Wildman–Crippen LogP) is 2.96. The molecule has 0 aromatic rings. The fraction of sp³-hybridized carbons (Fsp3) is 0.722. The second-order valence-electron chi connectivity index (χ2n) is 6.22. The molecule has 124 valence electrons. The van der Waals surface area contributed by atoms with E-state index in [1.165, 1.54) is 32.4 Å². The topological polar surface area (TPSA) is 32.8 Å². The molecule has 2 fully saturated rings. The first kappa shape index (κ1) is 17.1. The maximum Gasteiger partial charge on any atom is 0.253 e.